The van der Waals surface area contributed by atoms with Crippen molar-refractivity contribution in [3.8, 4) is 17.1 Å². The number of carboxylic acids is 1. The van der Waals surface area contributed by atoms with Crippen molar-refractivity contribution in [3.05, 3.63) is 90.0 Å². The number of amides is 1. The van der Waals surface area contributed by atoms with E-state index < -0.39 is 5.97 Å². The minimum absolute atomic E-state index is 0.0739. The lowest BCUT2D eigenvalue weighted by Gasteiger charge is -2.06. The van der Waals surface area contributed by atoms with E-state index in [1.807, 2.05) is 66.7 Å². The number of carboxylic acid groups (broad SMARTS) is 1. The first-order valence-corrected chi connectivity index (χ1v) is 10.4. The van der Waals surface area contributed by atoms with E-state index in [1.54, 1.807) is 12.1 Å². The number of benzene rings is 3. The van der Waals surface area contributed by atoms with Gasteiger partial charge in [0.25, 0.3) is 5.91 Å². The summed E-state index contributed by atoms with van der Waals surface area (Å²) in [7, 11) is 0. The fourth-order valence-corrected chi connectivity index (χ4v) is 3.36. The highest BCUT2D eigenvalue weighted by Gasteiger charge is 2.11. The predicted molar refractivity (Wildman–Crippen MR) is 122 cm³/mol. The van der Waals surface area contributed by atoms with E-state index in [-0.39, 0.29) is 12.3 Å². The van der Waals surface area contributed by atoms with Gasteiger partial charge in [0.05, 0.1) is 6.61 Å². The Morgan fingerprint density at radius 1 is 0.938 bits per heavy atom. The van der Waals surface area contributed by atoms with Gasteiger partial charge in [-0.3, -0.25) is 9.59 Å². The summed E-state index contributed by atoms with van der Waals surface area (Å²) in [6, 6.07) is 24.5. The van der Waals surface area contributed by atoms with Crippen molar-refractivity contribution in [1.29, 1.82) is 0 Å². The molecule has 0 unspecified atom stereocenters. The largest absolute Gasteiger partial charge is 0.494 e. The molecule has 6 nitrogen and oxygen atoms in total. The fraction of sp³-hybridized carbons (Fsp3) is 0.154. The molecule has 162 valence electrons. The van der Waals surface area contributed by atoms with Crippen LogP contribution >= 0.6 is 0 Å². The Bertz CT molecular complexity index is 1230. The Morgan fingerprint density at radius 2 is 1.78 bits per heavy atom. The van der Waals surface area contributed by atoms with E-state index in [1.165, 1.54) is 0 Å². The Hall–Kier alpha value is -4.06. The molecule has 2 N–H and O–H groups in total. The first kappa shape index (κ1) is 21.2. The number of carbonyl (C=O) groups is 2. The highest BCUT2D eigenvalue weighted by Crippen LogP contribution is 2.30. The number of carbonyl (C=O) groups excluding carboxylic acids is 1. The number of ether oxygens (including phenoxy) is 1. The number of nitrogens with one attached hydrogen (secondary N) is 1. The van der Waals surface area contributed by atoms with Gasteiger partial charge >= 0.3 is 5.97 Å². The van der Waals surface area contributed by atoms with E-state index in [4.69, 9.17) is 14.3 Å². The van der Waals surface area contributed by atoms with Crippen LogP contribution in [0.3, 0.4) is 0 Å². The fourth-order valence-electron chi connectivity index (χ4n) is 3.36. The minimum atomic E-state index is -0.835. The van der Waals surface area contributed by atoms with Crippen molar-refractivity contribution in [2.24, 2.45) is 0 Å². The third kappa shape index (κ3) is 5.35. The van der Waals surface area contributed by atoms with Crippen molar-refractivity contribution in [2.75, 3.05) is 6.61 Å². The standard InChI is InChI=1S/C26H23NO5/c28-25(29)10-5-13-31-22-9-4-8-19(15-22)24-16-21-14-20(11-12-23(21)32-24)26(30)27-17-18-6-2-1-3-7-18/h1-4,6-9,11-12,14-16H,5,10,13,17H2,(H,27,30)(H,28,29). The first-order valence-electron chi connectivity index (χ1n) is 10.4. The summed E-state index contributed by atoms with van der Waals surface area (Å²) >= 11 is 0. The maximum atomic E-state index is 12.6. The minimum Gasteiger partial charge on any atom is -0.494 e. The van der Waals surface area contributed by atoms with Gasteiger partial charge in [-0.2, -0.15) is 0 Å². The van der Waals surface area contributed by atoms with Crippen LogP contribution in [0.4, 0.5) is 0 Å². The van der Waals surface area contributed by atoms with Crippen LogP contribution in [0.2, 0.25) is 0 Å². The van der Waals surface area contributed by atoms with Gasteiger partial charge in [-0.05, 0) is 48.4 Å². The molecular formula is C26H23NO5. The summed E-state index contributed by atoms with van der Waals surface area (Å²) in [4.78, 5) is 23.2. The zero-order valence-electron chi connectivity index (χ0n) is 17.4. The van der Waals surface area contributed by atoms with Gasteiger partial charge in [-0.25, -0.2) is 0 Å². The molecule has 1 amide bonds. The summed E-state index contributed by atoms with van der Waals surface area (Å²) in [5, 5.41) is 12.5. The van der Waals surface area contributed by atoms with Gasteiger partial charge in [0.2, 0.25) is 0 Å². The SMILES string of the molecule is O=C(O)CCCOc1cccc(-c2cc3cc(C(=O)NCc4ccccc4)ccc3o2)c1. The predicted octanol–water partition coefficient (Wildman–Crippen LogP) is 5.27. The Morgan fingerprint density at radius 3 is 2.59 bits per heavy atom. The summed E-state index contributed by atoms with van der Waals surface area (Å²) in [6.45, 7) is 0.797. The van der Waals surface area contributed by atoms with E-state index in [0.29, 0.717) is 42.2 Å². The third-order valence-electron chi connectivity index (χ3n) is 5.00. The molecule has 0 fully saturated rings. The third-order valence-corrected chi connectivity index (χ3v) is 5.00. The molecule has 0 saturated heterocycles. The lowest BCUT2D eigenvalue weighted by molar-refractivity contribution is -0.137. The second-order valence-corrected chi connectivity index (χ2v) is 7.41. The quantitative estimate of drug-likeness (QED) is 0.354. The van der Waals surface area contributed by atoms with Crippen molar-refractivity contribution >= 4 is 22.8 Å². The topological polar surface area (TPSA) is 88.8 Å². The molecular weight excluding hydrogens is 406 g/mol. The summed E-state index contributed by atoms with van der Waals surface area (Å²) in [6.07, 6.45) is 0.518. The van der Waals surface area contributed by atoms with Gasteiger partial charge in [-0.1, -0.05) is 42.5 Å². The molecule has 1 aromatic heterocycles. The van der Waals surface area contributed by atoms with Crippen LogP contribution in [0.15, 0.2) is 83.3 Å². The number of furan rings is 1. The normalized spacial score (nSPS) is 10.8. The number of fused-ring (bicyclic) bond motifs is 1. The van der Waals surface area contributed by atoms with Crippen LogP contribution in [0.1, 0.15) is 28.8 Å². The molecule has 32 heavy (non-hydrogen) atoms. The average Bonchev–Trinajstić information content (AvgIpc) is 3.25. The zero-order valence-corrected chi connectivity index (χ0v) is 17.4. The van der Waals surface area contributed by atoms with Gasteiger partial charge in [0.1, 0.15) is 17.1 Å². The smallest absolute Gasteiger partial charge is 0.303 e. The highest BCUT2D eigenvalue weighted by molar-refractivity contribution is 5.98. The molecule has 0 bridgehead atoms. The lowest BCUT2D eigenvalue weighted by Crippen LogP contribution is -2.22. The van der Waals surface area contributed by atoms with Crippen LogP contribution in [0, 0.1) is 0 Å². The Balaban J connectivity index is 1.45. The average molecular weight is 429 g/mol. The second-order valence-electron chi connectivity index (χ2n) is 7.41. The van der Waals surface area contributed by atoms with E-state index in [2.05, 4.69) is 5.32 Å². The zero-order chi connectivity index (χ0) is 22.3. The molecule has 1 heterocycles. The Kier molecular flexibility index (Phi) is 6.51. The van der Waals surface area contributed by atoms with Crippen molar-refractivity contribution < 1.29 is 23.8 Å². The maximum Gasteiger partial charge on any atom is 0.303 e. The first-order chi connectivity index (χ1) is 15.6. The van der Waals surface area contributed by atoms with Crippen LogP contribution in [-0.2, 0) is 11.3 Å². The van der Waals surface area contributed by atoms with Crippen LogP contribution < -0.4 is 10.1 Å². The van der Waals surface area contributed by atoms with Gasteiger partial charge in [0.15, 0.2) is 0 Å². The number of aliphatic carboxylic acids is 1. The maximum absolute atomic E-state index is 12.6. The van der Waals surface area contributed by atoms with Crippen LogP contribution in [0.25, 0.3) is 22.3 Å². The van der Waals surface area contributed by atoms with Crippen LogP contribution in [0.5, 0.6) is 5.75 Å². The van der Waals surface area contributed by atoms with Crippen molar-refractivity contribution in [2.45, 2.75) is 19.4 Å². The van der Waals surface area contributed by atoms with Gasteiger partial charge in [0, 0.05) is 29.5 Å². The molecule has 0 aliphatic rings. The van der Waals surface area contributed by atoms with E-state index in [9.17, 15) is 9.59 Å². The lowest BCUT2D eigenvalue weighted by atomic mass is 10.1. The highest BCUT2D eigenvalue weighted by atomic mass is 16.5. The second kappa shape index (κ2) is 9.83. The van der Waals surface area contributed by atoms with E-state index in [0.717, 1.165) is 16.5 Å². The summed E-state index contributed by atoms with van der Waals surface area (Å²) < 4.78 is 11.6. The molecule has 0 spiro atoms. The molecule has 4 aromatic rings. The van der Waals surface area contributed by atoms with Crippen molar-refractivity contribution in [1.82, 2.24) is 5.32 Å². The van der Waals surface area contributed by atoms with Crippen LogP contribution in [-0.4, -0.2) is 23.6 Å². The summed E-state index contributed by atoms with van der Waals surface area (Å²) in [5.41, 5.74) is 3.13. The van der Waals surface area contributed by atoms with Crippen molar-refractivity contribution in [3.63, 3.8) is 0 Å². The summed E-state index contributed by atoms with van der Waals surface area (Å²) in [5.74, 6) is 0.333. The monoisotopic (exact) mass is 429 g/mol. The molecule has 0 aliphatic heterocycles. The molecule has 6 heteroatoms. The van der Waals surface area contributed by atoms with Gasteiger partial charge < -0.3 is 19.6 Å². The molecule has 0 atom stereocenters. The Labute approximate surface area is 185 Å². The van der Waals surface area contributed by atoms with E-state index >= 15 is 0 Å². The number of hydrogen-bond donors (Lipinski definition) is 2. The molecule has 0 saturated carbocycles. The van der Waals surface area contributed by atoms with Gasteiger partial charge in [-0.15, -0.1) is 0 Å². The molecule has 4 rings (SSSR count). The number of hydrogen-bond acceptors (Lipinski definition) is 4. The molecule has 0 aliphatic carbocycles. The number of rotatable bonds is 9. The molecule has 3 aromatic carbocycles. The molecule has 0 radical (unpaired) electrons.